The Balaban J connectivity index is 1.48. The number of Topliss-reactive ketones (excluding diaryl/α,β-unsaturated/α-hetero) is 1. The molecule has 1 aliphatic heterocycles. The second-order valence-corrected chi connectivity index (χ2v) is 10.2. The highest BCUT2D eigenvalue weighted by Gasteiger charge is 2.44. The fraction of sp³-hybridized carbons (Fsp3) is 0.310. The maximum Gasteiger partial charge on any atom is 0.319 e. The minimum absolute atomic E-state index is 0.0890. The van der Waals surface area contributed by atoms with Crippen molar-refractivity contribution in [2.75, 3.05) is 26.0 Å². The number of likely N-dealkylation sites (N-methyl/N-ethyl adjacent to an activating group) is 1. The number of amides is 3. The third-order valence-electron chi connectivity index (χ3n) is 6.81. The van der Waals surface area contributed by atoms with Gasteiger partial charge in [-0.05, 0) is 63.8 Å². The highest BCUT2D eigenvalue weighted by Crippen LogP contribution is 2.39. The summed E-state index contributed by atoms with van der Waals surface area (Å²) in [6.45, 7) is 8.37. The van der Waals surface area contributed by atoms with Gasteiger partial charge in [-0.3, -0.25) is 14.7 Å². The van der Waals surface area contributed by atoms with Crippen LogP contribution in [0.4, 0.5) is 10.5 Å². The monoisotopic (exact) mass is 514 g/mol. The molecular weight excluding hydrogens is 480 g/mol. The number of ketones is 1. The summed E-state index contributed by atoms with van der Waals surface area (Å²) >= 11 is 0. The maximum atomic E-state index is 13.5. The molecule has 198 valence electrons. The molecule has 3 amide bonds. The second-order valence-electron chi connectivity index (χ2n) is 10.2. The van der Waals surface area contributed by atoms with Crippen LogP contribution in [0.2, 0.25) is 0 Å². The predicted molar refractivity (Wildman–Crippen MR) is 147 cm³/mol. The van der Waals surface area contributed by atoms with Crippen LogP contribution in [0.1, 0.15) is 52.8 Å². The van der Waals surface area contributed by atoms with Crippen LogP contribution in [0.15, 0.2) is 67.3 Å². The summed E-state index contributed by atoms with van der Waals surface area (Å²) in [5, 5.41) is 13.4. The number of H-pyrrole nitrogens is 1. The topological polar surface area (TPSA) is 110 Å². The van der Waals surface area contributed by atoms with E-state index >= 15 is 0 Å². The number of nitrogens with one attached hydrogen (secondary N) is 3. The van der Waals surface area contributed by atoms with Crippen LogP contribution >= 0.6 is 0 Å². The molecule has 4 rings (SSSR count). The molecule has 38 heavy (non-hydrogen) atoms. The number of aromatic nitrogens is 2. The number of carbonyl (C=O) groups excluding carboxylic acids is 3. The zero-order valence-corrected chi connectivity index (χ0v) is 22.2. The summed E-state index contributed by atoms with van der Waals surface area (Å²) in [4.78, 5) is 41.9. The Morgan fingerprint density at radius 2 is 1.82 bits per heavy atom. The van der Waals surface area contributed by atoms with Gasteiger partial charge in [0.25, 0.3) is 0 Å². The van der Waals surface area contributed by atoms with E-state index in [0.717, 1.165) is 16.8 Å². The second kappa shape index (κ2) is 11.0. The minimum Gasteiger partial charge on any atom is -0.330 e. The third kappa shape index (κ3) is 5.68. The van der Waals surface area contributed by atoms with E-state index in [0.29, 0.717) is 30.0 Å². The van der Waals surface area contributed by atoms with Crippen molar-refractivity contribution in [3.63, 3.8) is 0 Å². The summed E-state index contributed by atoms with van der Waals surface area (Å²) < 4.78 is 0. The van der Waals surface area contributed by atoms with Crippen molar-refractivity contribution in [2.24, 2.45) is 0 Å². The molecule has 0 fully saturated rings. The lowest BCUT2D eigenvalue weighted by Crippen LogP contribution is -2.48. The fourth-order valence-corrected chi connectivity index (χ4v) is 4.74. The SMILES string of the molecule is C=CC(=O)Nc1ccc(C(=O)Cc2[nH]nc3c2CN(C(=O)NC(CN(C)C)c2ccccc2)C3(C)C)cc1. The van der Waals surface area contributed by atoms with Gasteiger partial charge in [0, 0.05) is 29.1 Å². The molecule has 1 atom stereocenters. The number of hydrogen-bond acceptors (Lipinski definition) is 5. The first kappa shape index (κ1) is 26.8. The summed E-state index contributed by atoms with van der Waals surface area (Å²) in [6, 6.07) is 16.3. The van der Waals surface area contributed by atoms with Gasteiger partial charge in [0.2, 0.25) is 5.91 Å². The smallest absolute Gasteiger partial charge is 0.319 e. The Morgan fingerprint density at radius 3 is 2.45 bits per heavy atom. The standard InChI is InChI=1S/C29H34N6O3/c1-6-26(37)30-21-14-12-20(13-15-21)25(36)16-23-22-17-35(29(2,3)27(22)33-32-23)28(38)31-24(18-34(4)5)19-10-8-7-9-11-19/h6-15,24H,1,16-18H2,2-5H3,(H,30,37)(H,31,38)(H,32,33). The van der Waals surface area contributed by atoms with Crippen LogP contribution in [0.5, 0.6) is 0 Å². The van der Waals surface area contributed by atoms with Gasteiger partial charge in [-0.2, -0.15) is 5.10 Å². The summed E-state index contributed by atoms with van der Waals surface area (Å²) in [7, 11) is 3.96. The van der Waals surface area contributed by atoms with Crippen LogP contribution in [0, 0.1) is 0 Å². The average molecular weight is 515 g/mol. The molecule has 3 N–H and O–H groups in total. The van der Waals surface area contributed by atoms with Crippen LogP contribution in [0.25, 0.3) is 0 Å². The largest absolute Gasteiger partial charge is 0.330 e. The molecule has 9 heteroatoms. The Labute approximate surface area is 222 Å². The lowest BCUT2D eigenvalue weighted by atomic mass is 9.98. The zero-order valence-electron chi connectivity index (χ0n) is 22.2. The number of hydrogen-bond donors (Lipinski definition) is 3. The van der Waals surface area contributed by atoms with Crippen LogP contribution in [-0.2, 0) is 23.3 Å². The quantitative estimate of drug-likeness (QED) is 0.295. The molecule has 0 radical (unpaired) electrons. The van der Waals surface area contributed by atoms with Gasteiger partial charge < -0.3 is 20.4 Å². The number of carbonyl (C=O) groups is 3. The third-order valence-corrected chi connectivity index (χ3v) is 6.81. The number of urea groups is 1. The van der Waals surface area contributed by atoms with Crippen LogP contribution in [0.3, 0.4) is 0 Å². The number of fused-ring (bicyclic) bond motifs is 1. The van der Waals surface area contributed by atoms with Gasteiger partial charge in [-0.1, -0.05) is 36.9 Å². The van der Waals surface area contributed by atoms with Crippen LogP contribution in [-0.4, -0.2) is 58.4 Å². The highest BCUT2D eigenvalue weighted by molar-refractivity contribution is 6.00. The number of anilines is 1. The zero-order chi connectivity index (χ0) is 27.4. The van der Waals surface area contributed by atoms with E-state index in [1.165, 1.54) is 6.08 Å². The van der Waals surface area contributed by atoms with Gasteiger partial charge >= 0.3 is 6.03 Å². The maximum absolute atomic E-state index is 13.5. The van der Waals surface area contributed by atoms with Gasteiger partial charge in [0.1, 0.15) is 0 Å². The van der Waals surface area contributed by atoms with Crippen molar-refractivity contribution in [2.45, 2.75) is 38.4 Å². The average Bonchev–Trinajstić information content (AvgIpc) is 3.41. The Morgan fingerprint density at radius 1 is 1.13 bits per heavy atom. The number of nitrogens with zero attached hydrogens (tertiary/aromatic N) is 3. The molecule has 0 saturated heterocycles. The molecule has 1 unspecified atom stereocenters. The van der Waals surface area contributed by atoms with Crippen molar-refractivity contribution in [1.82, 2.24) is 25.3 Å². The lowest BCUT2D eigenvalue weighted by molar-refractivity contribution is -0.111. The number of aromatic amines is 1. The molecule has 9 nitrogen and oxygen atoms in total. The fourth-order valence-electron chi connectivity index (χ4n) is 4.74. The minimum atomic E-state index is -0.651. The van der Waals surface area contributed by atoms with Crippen molar-refractivity contribution in [3.05, 3.63) is 95.3 Å². The van der Waals surface area contributed by atoms with E-state index < -0.39 is 5.54 Å². The lowest BCUT2D eigenvalue weighted by Gasteiger charge is -2.33. The summed E-state index contributed by atoms with van der Waals surface area (Å²) in [6.07, 6.45) is 1.31. The molecule has 0 spiro atoms. The molecule has 1 aromatic heterocycles. The molecular formula is C29H34N6O3. The van der Waals surface area contributed by atoms with E-state index in [2.05, 4.69) is 27.4 Å². The van der Waals surface area contributed by atoms with E-state index in [4.69, 9.17) is 0 Å². The molecule has 3 aromatic rings. The van der Waals surface area contributed by atoms with Gasteiger partial charge in [-0.25, -0.2) is 4.79 Å². The first-order chi connectivity index (χ1) is 18.1. The van der Waals surface area contributed by atoms with E-state index in [1.807, 2.05) is 63.2 Å². The summed E-state index contributed by atoms with van der Waals surface area (Å²) in [5.41, 5.74) is 3.82. The Kier molecular flexibility index (Phi) is 7.78. The molecule has 1 aliphatic rings. The summed E-state index contributed by atoms with van der Waals surface area (Å²) in [5.74, 6) is -0.404. The first-order valence-electron chi connectivity index (χ1n) is 12.5. The van der Waals surface area contributed by atoms with Crippen molar-refractivity contribution >= 4 is 23.4 Å². The molecule has 0 saturated carbocycles. The number of benzene rings is 2. The van der Waals surface area contributed by atoms with Crippen molar-refractivity contribution < 1.29 is 14.4 Å². The van der Waals surface area contributed by atoms with Gasteiger partial charge in [0.15, 0.2) is 5.78 Å². The van der Waals surface area contributed by atoms with E-state index in [-0.39, 0.29) is 30.2 Å². The molecule has 0 aliphatic carbocycles. The molecule has 2 heterocycles. The first-order valence-corrected chi connectivity index (χ1v) is 12.5. The molecule has 2 aromatic carbocycles. The molecule has 0 bridgehead atoms. The van der Waals surface area contributed by atoms with Crippen molar-refractivity contribution in [1.29, 1.82) is 0 Å². The highest BCUT2D eigenvalue weighted by atomic mass is 16.2. The van der Waals surface area contributed by atoms with Crippen LogP contribution < -0.4 is 10.6 Å². The van der Waals surface area contributed by atoms with Gasteiger partial charge in [0.05, 0.1) is 30.2 Å². The van der Waals surface area contributed by atoms with E-state index in [9.17, 15) is 14.4 Å². The number of rotatable bonds is 9. The van der Waals surface area contributed by atoms with Gasteiger partial charge in [-0.15, -0.1) is 0 Å². The normalized spacial score (nSPS) is 14.6. The Hall–Kier alpha value is -4.24. The Bertz CT molecular complexity index is 1330. The van der Waals surface area contributed by atoms with E-state index in [1.54, 1.807) is 29.2 Å². The predicted octanol–water partition coefficient (Wildman–Crippen LogP) is 4.02. The van der Waals surface area contributed by atoms with Crippen molar-refractivity contribution in [3.8, 4) is 0 Å².